The molecule has 2 amide bonds. The summed E-state index contributed by atoms with van der Waals surface area (Å²) < 4.78 is 21.8. The average molecular weight is 542 g/mol. The van der Waals surface area contributed by atoms with Crippen LogP contribution in [0.25, 0.3) is 11.4 Å². The van der Waals surface area contributed by atoms with Crippen molar-refractivity contribution in [2.24, 2.45) is 0 Å². The maximum absolute atomic E-state index is 13.8. The molecule has 172 valence electrons. The van der Waals surface area contributed by atoms with E-state index in [2.05, 4.69) is 20.4 Å². The molecule has 0 fully saturated rings. The zero-order valence-electron chi connectivity index (χ0n) is 18.6. The Morgan fingerprint density at radius 1 is 1.35 bits per heavy atom. The van der Waals surface area contributed by atoms with Crippen molar-refractivity contribution in [3.63, 3.8) is 0 Å². The molecule has 1 aliphatic heterocycles. The Kier molecular flexibility index (Phi) is 7.82. The molecule has 2 aromatic heterocycles. The fourth-order valence-electron chi connectivity index (χ4n) is 3.47. The van der Waals surface area contributed by atoms with E-state index in [1.165, 1.54) is 16.7 Å². The van der Waals surface area contributed by atoms with E-state index in [1.54, 1.807) is 13.8 Å². The van der Waals surface area contributed by atoms with Gasteiger partial charge in [-0.25, -0.2) is 19.0 Å². The fourth-order valence-corrected chi connectivity index (χ4v) is 3.47. The van der Waals surface area contributed by atoms with Crippen LogP contribution < -0.4 is 69.1 Å². The molecular weight excluding hydrogens is 523 g/mol. The molecule has 0 saturated heterocycles. The molecule has 14 heteroatoms. The summed E-state index contributed by atoms with van der Waals surface area (Å²) in [7, 11) is 0. The maximum atomic E-state index is 13.8. The standard InChI is InChI=1S/C20H20FN7O5.Rb/c1-20(2)19-25-13(14(29)18(32)27(19)5-6-33-20)17(31)23-8-10-3-4-11(21)7-12(10)28-9-24-16(26-28)15(22)30;/h3-4,7,9H,5-6,8H2,1-2H3,(H4,22,23,29,30,31);/q;+1/p-1. The third-order valence-corrected chi connectivity index (χ3v) is 5.11. The number of halogens is 1. The Morgan fingerprint density at radius 3 is 2.76 bits per heavy atom. The van der Waals surface area contributed by atoms with Crippen LogP contribution in [0.3, 0.4) is 0 Å². The summed E-state index contributed by atoms with van der Waals surface area (Å²) in [5, 5.41) is 16.7. The van der Waals surface area contributed by atoms with Crippen LogP contribution in [0.5, 0.6) is 5.75 Å². The molecule has 1 aromatic carbocycles. The minimum atomic E-state index is -1.10. The van der Waals surface area contributed by atoms with Crippen molar-refractivity contribution in [2.45, 2.75) is 32.5 Å². The van der Waals surface area contributed by atoms with Gasteiger partial charge in [-0.15, -0.1) is 5.10 Å². The molecule has 3 heterocycles. The van der Waals surface area contributed by atoms with Crippen LogP contribution in [0, 0.1) is 5.82 Å². The van der Waals surface area contributed by atoms with Crippen LogP contribution in [-0.2, 0) is 23.4 Å². The van der Waals surface area contributed by atoms with Gasteiger partial charge in [-0.1, -0.05) is 6.07 Å². The van der Waals surface area contributed by atoms with Gasteiger partial charge in [0.05, 0.1) is 18.8 Å². The second kappa shape index (κ2) is 10.1. The first-order valence-electron chi connectivity index (χ1n) is 9.81. The third-order valence-electron chi connectivity index (χ3n) is 5.11. The van der Waals surface area contributed by atoms with Crippen LogP contribution in [0.15, 0.2) is 29.3 Å². The van der Waals surface area contributed by atoms with E-state index in [-0.39, 0.29) is 95.2 Å². The topological polar surface area (TPSA) is 165 Å². The van der Waals surface area contributed by atoms with E-state index in [0.717, 1.165) is 17.1 Å². The quantitative estimate of drug-likeness (QED) is 0.376. The van der Waals surface area contributed by atoms with E-state index in [1.807, 2.05) is 0 Å². The van der Waals surface area contributed by atoms with Gasteiger partial charge in [-0.2, -0.15) is 0 Å². The number of fused-ring (bicyclic) bond motifs is 1. The zero-order chi connectivity index (χ0) is 23.9. The van der Waals surface area contributed by atoms with E-state index < -0.39 is 40.2 Å². The number of nitrogens with one attached hydrogen (secondary N) is 2. The molecule has 3 aromatic rings. The van der Waals surface area contributed by atoms with Crippen LogP contribution in [-0.4, -0.2) is 47.8 Å². The molecule has 0 unspecified atom stereocenters. The SMILES string of the molecule is CC1(C)OCCn2c1nc(C(=O)NCc1ccc(F)cc1-n1cnc(C([NH-])=O)n1)c(O)c2=O.[Rb+]. The normalized spacial score (nSPS) is 14.1. The first-order chi connectivity index (χ1) is 15.6. The Morgan fingerprint density at radius 2 is 2.09 bits per heavy atom. The molecular formula is C20H19FN7O5Rb. The van der Waals surface area contributed by atoms with Crippen molar-refractivity contribution in [3.8, 4) is 11.4 Å². The number of ether oxygens (including phenoxy) is 1. The fraction of sp³-hybridized carbons (Fsp3) is 0.300. The second-order valence-corrected chi connectivity index (χ2v) is 7.75. The summed E-state index contributed by atoms with van der Waals surface area (Å²) in [5.74, 6) is -3.48. The number of carbonyl (C=O) groups excluding carboxylic acids is 2. The van der Waals surface area contributed by atoms with E-state index in [4.69, 9.17) is 10.5 Å². The molecule has 34 heavy (non-hydrogen) atoms. The van der Waals surface area contributed by atoms with Gasteiger partial charge in [0, 0.05) is 6.54 Å². The van der Waals surface area contributed by atoms with Gasteiger partial charge >= 0.3 is 58.2 Å². The van der Waals surface area contributed by atoms with Crippen molar-refractivity contribution in [2.75, 3.05) is 6.61 Å². The number of benzene rings is 1. The number of aromatic hydroxyl groups is 1. The van der Waals surface area contributed by atoms with Gasteiger partial charge in [-0.3, -0.25) is 14.2 Å². The number of nitrogens with zero attached hydrogens (tertiary/aromatic N) is 5. The Labute approximate surface area is 241 Å². The smallest absolute Gasteiger partial charge is 0.661 e. The summed E-state index contributed by atoms with van der Waals surface area (Å²) >= 11 is 0. The zero-order valence-corrected chi connectivity index (χ0v) is 23.5. The van der Waals surface area contributed by atoms with Gasteiger partial charge in [0.15, 0.2) is 11.5 Å². The summed E-state index contributed by atoms with van der Waals surface area (Å²) in [4.78, 5) is 44.4. The molecule has 0 spiro atoms. The molecule has 0 atom stereocenters. The predicted octanol–water partition coefficient (Wildman–Crippen LogP) is -1.94. The number of hydrogen-bond donors (Lipinski definition) is 2. The largest absolute Gasteiger partial charge is 1.00 e. The molecule has 3 N–H and O–H groups in total. The molecule has 1 aliphatic rings. The van der Waals surface area contributed by atoms with Crippen LogP contribution in [0.2, 0.25) is 0 Å². The number of hydrogen-bond acceptors (Lipinski definition) is 8. The van der Waals surface area contributed by atoms with E-state index in [0.29, 0.717) is 5.56 Å². The molecule has 12 nitrogen and oxygen atoms in total. The number of rotatable bonds is 5. The van der Waals surface area contributed by atoms with Crippen LogP contribution in [0.4, 0.5) is 4.39 Å². The van der Waals surface area contributed by atoms with Crippen molar-refractivity contribution < 1.29 is 82.0 Å². The van der Waals surface area contributed by atoms with Gasteiger partial charge < -0.3 is 25.7 Å². The number of amides is 2. The van der Waals surface area contributed by atoms with Crippen molar-refractivity contribution in [1.82, 2.24) is 29.6 Å². The maximum Gasteiger partial charge on any atom is 1.00 e. The monoisotopic (exact) mass is 541 g/mol. The first kappa shape index (κ1) is 26.3. The molecule has 0 saturated carbocycles. The van der Waals surface area contributed by atoms with E-state index in [9.17, 15) is 23.9 Å². The minimum Gasteiger partial charge on any atom is -0.661 e. The number of carbonyl (C=O) groups is 2. The molecule has 0 radical (unpaired) electrons. The van der Waals surface area contributed by atoms with Gasteiger partial charge in [0.1, 0.15) is 29.5 Å². The second-order valence-electron chi connectivity index (χ2n) is 7.75. The Hall–Kier alpha value is -2.32. The van der Waals surface area contributed by atoms with Crippen LogP contribution in [0.1, 0.15) is 46.3 Å². The minimum absolute atomic E-state index is 0. The van der Waals surface area contributed by atoms with Gasteiger partial charge in [-0.05, 0) is 31.5 Å². The summed E-state index contributed by atoms with van der Waals surface area (Å²) in [6.45, 7) is 3.69. The average Bonchev–Trinajstić information content (AvgIpc) is 3.25. The number of aromatic nitrogens is 5. The first-order valence-corrected chi connectivity index (χ1v) is 9.81. The Balaban J connectivity index is 0.00000324. The Bertz CT molecular complexity index is 1340. The van der Waals surface area contributed by atoms with Crippen LogP contribution >= 0.6 is 0 Å². The molecule has 4 rings (SSSR count). The summed E-state index contributed by atoms with van der Waals surface area (Å²) in [6, 6.07) is 3.68. The van der Waals surface area contributed by atoms with Crippen molar-refractivity contribution in [1.29, 1.82) is 0 Å². The summed E-state index contributed by atoms with van der Waals surface area (Å²) in [6.07, 6.45) is 1.14. The van der Waals surface area contributed by atoms with E-state index >= 15 is 0 Å². The van der Waals surface area contributed by atoms with Gasteiger partial charge in [0.2, 0.25) is 5.75 Å². The molecule has 0 aliphatic carbocycles. The molecule has 0 bridgehead atoms. The van der Waals surface area contributed by atoms with Crippen molar-refractivity contribution in [3.05, 3.63) is 69.3 Å². The van der Waals surface area contributed by atoms with Crippen molar-refractivity contribution >= 4 is 11.8 Å². The van der Waals surface area contributed by atoms with Gasteiger partial charge in [0.25, 0.3) is 11.5 Å². The predicted molar refractivity (Wildman–Crippen MR) is 110 cm³/mol. The third kappa shape index (κ3) is 5.03. The summed E-state index contributed by atoms with van der Waals surface area (Å²) in [5.41, 5.74) is 5.49.